The molecule has 2 N–H and O–H groups in total. The van der Waals surface area contributed by atoms with Gasteiger partial charge < -0.3 is 10.4 Å². The maximum atomic E-state index is 11.5. The molecule has 1 aliphatic carbocycles. The van der Waals surface area contributed by atoms with E-state index >= 15 is 0 Å². The number of sulfone groups is 1. The summed E-state index contributed by atoms with van der Waals surface area (Å²) in [6.07, 6.45) is 0.719. The minimum absolute atomic E-state index is 0.0536. The molecule has 0 heterocycles. The molecule has 1 saturated carbocycles. The van der Waals surface area contributed by atoms with Crippen LogP contribution in [0.15, 0.2) is 0 Å². The second-order valence-corrected chi connectivity index (χ2v) is 6.99. The van der Waals surface area contributed by atoms with Crippen molar-refractivity contribution in [2.45, 2.75) is 32.2 Å². The molecule has 0 aliphatic heterocycles. The van der Waals surface area contributed by atoms with E-state index in [9.17, 15) is 18.0 Å². The van der Waals surface area contributed by atoms with Crippen LogP contribution in [0.1, 0.15) is 26.7 Å². The lowest BCUT2D eigenvalue weighted by Gasteiger charge is -2.13. The lowest BCUT2D eigenvalue weighted by atomic mass is 10.3. The molecular formula is C10H17NO5S. The highest BCUT2D eigenvalue weighted by Crippen LogP contribution is 2.35. The van der Waals surface area contributed by atoms with Crippen LogP contribution >= 0.6 is 0 Å². The number of aliphatic carboxylic acids is 1. The van der Waals surface area contributed by atoms with Crippen molar-refractivity contribution < 1.29 is 23.1 Å². The van der Waals surface area contributed by atoms with E-state index in [4.69, 9.17) is 5.11 Å². The molecule has 0 aromatic rings. The van der Waals surface area contributed by atoms with Gasteiger partial charge in [0.1, 0.15) is 11.3 Å². The van der Waals surface area contributed by atoms with Gasteiger partial charge in [-0.3, -0.25) is 4.79 Å². The van der Waals surface area contributed by atoms with Gasteiger partial charge in [-0.25, -0.2) is 13.2 Å². The van der Waals surface area contributed by atoms with Crippen LogP contribution in [-0.2, 0) is 19.4 Å². The largest absolute Gasteiger partial charge is 0.480 e. The zero-order valence-electron chi connectivity index (χ0n) is 9.89. The number of carboxylic acids is 1. The van der Waals surface area contributed by atoms with Crippen LogP contribution in [0, 0.1) is 5.92 Å². The van der Waals surface area contributed by atoms with Gasteiger partial charge in [-0.15, -0.1) is 0 Å². The molecular weight excluding hydrogens is 246 g/mol. The Morgan fingerprint density at radius 3 is 2.24 bits per heavy atom. The van der Waals surface area contributed by atoms with Gasteiger partial charge in [0.2, 0.25) is 5.91 Å². The van der Waals surface area contributed by atoms with Crippen LogP contribution in [0.2, 0.25) is 0 Å². The lowest BCUT2D eigenvalue weighted by molar-refractivity contribution is -0.142. The summed E-state index contributed by atoms with van der Waals surface area (Å²) in [5, 5.41) is 11.1. The molecule has 1 fully saturated rings. The van der Waals surface area contributed by atoms with Crippen molar-refractivity contribution >= 4 is 21.7 Å². The van der Waals surface area contributed by atoms with E-state index in [0.717, 1.165) is 0 Å². The van der Waals surface area contributed by atoms with Gasteiger partial charge in [0, 0.05) is 0 Å². The van der Waals surface area contributed by atoms with Crippen molar-refractivity contribution in [1.29, 1.82) is 0 Å². The quantitative estimate of drug-likeness (QED) is 0.690. The third kappa shape index (κ3) is 3.99. The first-order valence-electron chi connectivity index (χ1n) is 5.42. The molecule has 0 unspecified atom stereocenters. The predicted octanol–water partition coefficient (Wildman–Crippen LogP) is -0.209. The number of hydrogen-bond donors (Lipinski definition) is 2. The fraction of sp³-hybridized carbons (Fsp3) is 0.800. The van der Waals surface area contributed by atoms with E-state index < -0.39 is 33.0 Å². The number of hydrogen-bond acceptors (Lipinski definition) is 4. The van der Waals surface area contributed by atoms with E-state index in [-0.39, 0.29) is 11.7 Å². The Hall–Kier alpha value is -1.11. The van der Waals surface area contributed by atoms with Gasteiger partial charge in [0.05, 0.1) is 5.75 Å². The standard InChI is InChI=1S/C10H17NO5S/c1-7(2)5-17(15,16)6-8(12)11-10(3-4-10)9(13)14/h7H,3-6H2,1-2H3,(H,11,12)(H,13,14). The van der Waals surface area contributed by atoms with Crippen LogP contribution in [-0.4, -0.2) is 42.4 Å². The molecule has 17 heavy (non-hydrogen) atoms. The number of carbonyl (C=O) groups excluding carboxylic acids is 1. The molecule has 1 rings (SSSR count). The molecule has 0 bridgehead atoms. The van der Waals surface area contributed by atoms with Crippen molar-refractivity contribution in [3.63, 3.8) is 0 Å². The van der Waals surface area contributed by atoms with Gasteiger partial charge in [0.15, 0.2) is 9.84 Å². The first-order valence-corrected chi connectivity index (χ1v) is 7.24. The normalized spacial score (nSPS) is 17.8. The molecule has 6 nitrogen and oxygen atoms in total. The second-order valence-electron chi connectivity index (χ2n) is 4.88. The van der Waals surface area contributed by atoms with Crippen molar-refractivity contribution in [1.82, 2.24) is 5.32 Å². The Morgan fingerprint density at radius 1 is 1.35 bits per heavy atom. The van der Waals surface area contributed by atoms with Gasteiger partial charge in [-0.2, -0.15) is 0 Å². The molecule has 0 aromatic carbocycles. The topological polar surface area (TPSA) is 101 Å². The summed E-state index contributed by atoms with van der Waals surface area (Å²) >= 11 is 0. The van der Waals surface area contributed by atoms with Crippen LogP contribution in [0.3, 0.4) is 0 Å². The zero-order valence-corrected chi connectivity index (χ0v) is 10.7. The summed E-state index contributed by atoms with van der Waals surface area (Å²) in [5.74, 6) is -2.60. The SMILES string of the molecule is CC(C)CS(=O)(=O)CC(=O)NC1(C(=O)O)CC1. The molecule has 0 saturated heterocycles. The summed E-state index contributed by atoms with van der Waals surface area (Å²) in [5.41, 5.74) is -1.22. The number of carbonyl (C=O) groups is 2. The average Bonchev–Trinajstić information content (AvgIpc) is 2.80. The molecule has 0 spiro atoms. The number of amides is 1. The van der Waals surface area contributed by atoms with Crippen LogP contribution in [0.5, 0.6) is 0 Å². The number of carboxylic acid groups (broad SMARTS) is 1. The maximum absolute atomic E-state index is 11.5. The third-order valence-electron chi connectivity index (χ3n) is 2.48. The van der Waals surface area contributed by atoms with E-state index in [2.05, 4.69) is 5.32 Å². The van der Waals surface area contributed by atoms with Crippen molar-refractivity contribution in [3.8, 4) is 0 Å². The Labute approximate surface area is 100 Å². The summed E-state index contributed by atoms with van der Waals surface area (Å²) in [6, 6.07) is 0. The molecule has 1 amide bonds. The summed E-state index contributed by atoms with van der Waals surface area (Å²) in [6.45, 7) is 3.49. The fourth-order valence-electron chi connectivity index (χ4n) is 1.59. The monoisotopic (exact) mass is 263 g/mol. The highest BCUT2D eigenvalue weighted by molar-refractivity contribution is 7.92. The van der Waals surface area contributed by atoms with Gasteiger partial charge in [-0.1, -0.05) is 13.8 Å². The van der Waals surface area contributed by atoms with Crippen molar-refractivity contribution in [3.05, 3.63) is 0 Å². The third-order valence-corrected chi connectivity index (χ3v) is 4.35. The highest BCUT2D eigenvalue weighted by Gasteiger charge is 2.51. The van der Waals surface area contributed by atoms with E-state index in [1.54, 1.807) is 13.8 Å². The Bertz CT molecular complexity index is 422. The van der Waals surface area contributed by atoms with Crippen molar-refractivity contribution in [2.75, 3.05) is 11.5 Å². The second kappa shape index (κ2) is 4.64. The molecule has 98 valence electrons. The Morgan fingerprint density at radius 2 is 1.88 bits per heavy atom. The minimum Gasteiger partial charge on any atom is -0.480 e. The van der Waals surface area contributed by atoms with Crippen molar-refractivity contribution in [2.24, 2.45) is 5.92 Å². The van der Waals surface area contributed by atoms with Gasteiger partial charge in [0.25, 0.3) is 0 Å². The summed E-state index contributed by atoms with van der Waals surface area (Å²) in [7, 11) is -3.46. The zero-order chi connectivity index (χ0) is 13.3. The lowest BCUT2D eigenvalue weighted by Crippen LogP contribution is -2.45. The highest BCUT2D eigenvalue weighted by atomic mass is 32.2. The minimum atomic E-state index is -3.46. The molecule has 0 radical (unpaired) electrons. The average molecular weight is 263 g/mol. The van der Waals surface area contributed by atoms with Crippen LogP contribution in [0.4, 0.5) is 0 Å². The van der Waals surface area contributed by atoms with E-state index in [1.807, 2.05) is 0 Å². The van der Waals surface area contributed by atoms with Crippen LogP contribution in [0.25, 0.3) is 0 Å². The fourth-order valence-corrected chi connectivity index (χ4v) is 3.19. The van der Waals surface area contributed by atoms with E-state index in [1.165, 1.54) is 0 Å². The number of nitrogens with one attached hydrogen (secondary N) is 1. The Kier molecular flexibility index (Phi) is 3.81. The maximum Gasteiger partial charge on any atom is 0.329 e. The molecule has 1 aliphatic rings. The summed E-state index contributed by atoms with van der Waals surface area (Å²) in [4.78, 5) is 22.2. The van der Waals surface area contributed by atoms with Gasteiger partial charge >= 0.3 is 5.97 Å². The van der Waals surface area contributed by atoms with Crippen LogP contribution < -0.4 is 5.32 Å². The first-order chi connectivity index (χ1) is 7.67. The molecule has 0 atom stereocenters. The first kappa shape index (κ1) is 14.0. The molecule has 7 heteroatoms. The number of rotatable bonds is 6. The predicted molar refractivity (Wildman–Crippen MR) is 61.2 cm³/mol. The Balaban J connectivity index is 2.54. The van der Waals surface area contributed by atoms with Gasteiger partial charge in [-0.05, 0) is 18.8 Å². The summed E-state index contributed by atoms with van der Waals surface area (Å²) < 4.78 is 23.0. The van der Waals surface area contributed by atoms with E-state index in [0.29, 0.717) is 12.8 Å². The smallest absolute Gasteiger partial charge is 0.329 e. The molecule has 0 aromatic heterocycles.